The van der Waals surface area contributed by atoms with Crippen LogP contribution in [0, 0.1) is 0 Å². The van der Waals surface area contributed by atoms with Gasteiger partial charge in [-0.05, 0) is 24.6 Å². The molecule has 1 unspecified atom stereocenters. The Morgan fingerprint density at radius 3 is 2.65 bits per heavy atom. The molecule has 0 saturated carbocycles. The van der Waals surface area contributed by atoms with Crippen LogP contribution in [0.25, 0.3) is 0 Å². The second-order valence-electron chi connectivity index (χ2n) is 4.05. The maximum absolute atomic E-state index is 11.4. The Morgan fingerprint density at radius 2 is 2.12 bits per heavy atom. The molecule has 0 radical (unpaired) electrons. The zero-order valence-electron chi connectivity index (χ0n) is 9.73. The van der Waals surface area contributed by atoms with Crippen LogP contribution in [0.4, 0.5) is 0 Å². The number of benzene rings is 1. The van der Waals surface area contributed by atoms with Gasteiger partial charge in [-0.2, -0.15) is 0 Å². The number of amides is 1. The summed E-state index contributed by atoms with van der Waals surface area (Å²) < 4.78 is 4.90. The summed E-state index contributed by atoms with van der Waals surface area (Å²) in [5.41, 5.74) is 1.63. The first-order chi connectivity index (χ1) is 8.20. The lowest BCUT2D eigenvalue weighted by atomic mass is 9.97. The molecule has 4 heteroatoms. The molecule has 1 saturated heterocycles. The minimum atomic E-state index is -0.306. The van der Waals surface area contributed by atoms with E-state index >= 15 is 0 Å². The van der Waals surface area contributed by atoms with Crippen molar-refractivity contribution in [1.82, 2.24) is 5.32 Å². The number of rotatable bonds is 3. The van der Waals surface area contributed by atoms with Crippen LogP contribution in [0.15, 0.2) is 24.3 Å². The summed E-state index contributed by atoms with van der Waals surface area (Å²) >= 11 is 0. The number of hydrogen-bond acceptors (Lipinski definition) is 3. The Hall–Kier alpha value is -1.84. The van der Waals surface area contributed by atoms with Crippen LogP contribution in [-0.4, -0.2) is 25.0 Å². The van der Waals surface area contributed by atoms with E-state index in [0.29, 0.717) is 25.1 Å². The molecule has 1 fully saturated rings. The number of ether oxygens (including phenoxy) is 1. The zero-order valence-corrected chi connectivity index (χ0v) is 9.73. The predicted molar refractivity (Wildman–Crippen MR) is 62.8 cm³/mol. The molecule has 0 aromatic heterocycles. The molecule has 4 nitrogen and oxygen atoms in total. The summed E-state index contributed by atoms with van der Waals surface area (Å²) in [4.78, 5) is 22.5. The number of carbonyl (C=O) groups excluding carboxylic acids is 2. The summed E-state index contributed by atoms with van der Waals surface area (Å²) in [6.07, 6.45) is 0.527. The maximum atomic E-state index is 11.4. The topological polar surface area (TPSA) is 55.4 Å². The Balaban J connectivity index is 2.07. The van der Waals surface area contributed by atoms with Crippen molar-refractivity contribution in [3.63, 3.8) is 0 Å². The van der Waals surface area contributed by atoms with Gasteiger partial charge in [-0.25, -0.2) is 4.79 Å². The summed E-state index contributed by atoms with van der Waals surface area (Å²) in [5.74, 6) is 0.00267. The molecular formula is C13H15NO3. The van der Waals surface area contributed by atoms with Crippen LogP contribution in [0.5, 0.6) is 0 Å². The Morgan fingerprint density at radius 1 is 1.41 bits per heavy atom. The van der Waals surface area contributed by atoms with Gasteiger partial charge < -0.3 is 10.1 Å². The molecule has 1 aromatic rings. The van der Waals surface area contributed by atoms with Crippen molar-refractivity contribution >= 4 is 11.9 Å². The van der Waals surface area contributed by atoms with Crippen LogP contribution in [-0.2, 0) is 9.53 Å². The largest absolute Gasteiger partial charge is 0.462 e. The molecule has 0 spiro atoms. The third kappa shape index (κ3) is 2.64. The standard InChI is InChI=1S/C13H15NO3/c1-2-17-13(16)10-5-3-9(4-6-10)11-7-12(15)14-8-11/h3-6,11H,2,7-8H2,1H3,(H,14,15). The summed E-state index contributed by atoms with van der Waals surface area (Å²) in [7, 11) is 0. The van der Waals surface area contributed by atoms with Gasteiger partial charge in [0.15, 0.2) is 0 Å². The third-order valence-corrected chi connectivity index (χ3v) is 2.87. The number of esters is 1. The Kier molecular flexibility index (Phi) is 3.42. The summed E-state index contributed by atoms with van der Waals surface area (Å²) in [6.45, 7) is 2.83. The molecule has 1 amide bonds. The lowest BCUT2D eigenvalue weighted by Gasteiger charge is -2.08. The van der Waals surface area contributed by atoms with E-state index in [1.807, 2.05) is 12.1 Å². The molecular weight excluding hydrogens is 218 g/mol. The lowest BCUT2D eigenvalue weighted by Crippen LogP contribution is -2.13. The molecule has 1 N–H and O–H groups in total. The SMILES string of the molecule is CCOC(=O)c1ccc(C2CNC(=O)C2)cc1. The number of carbonyl (C=O) groups is 2. The van der Waals surface area contributed by atoms with Crippen molar-refractivity contribution in [1.29, 1.82) is 0 Å². The normalized spacial score (nSPS) is 18.9. The van der Waals surface area contributed by atoms with Gasteiger partial charge >= 0.3 is 5.97 Å². The van der Waals surface area contributed by atoms with Crippen molar-refractivity contribution in [2.75, 3.05) is 13.2 Å². The minimum absolute atomic E-state index is 0.0875. The highest BCUT2D eigenvalue weighted by atomic mass is 16.5. The second kappa shape index (κ2) is 4.99. The van der Waals surface area contributed by atoms with E-state index in [0.717, 1.165) is 5.56 Å². The molecule has 1 atom stereocenters. The van der Waals surface area contributed by atoms with Crippen molar-refractivity contribution in [3.8, 4) is 0 Å². The van der Waals surface area contributed by atoms with E-state index in [4.69, 9.17) is 4.74 Å². The van der Waals surface area contributed by atoms with E-state index in [-0.39, 0.29) is 17.8 Å². The van der Waals surface area contributed by atoms with Gasteiger partial charge in [0, 0.05) is 18.9 Å². The van der Waals surface area contributed by atoms with Gasteiger partial charge in [0.2, 0.25) is 5.91 Å². The maximum Gasteiger partial charge on any atom is 0.338 e. The van der Waals surface area contributed by atoms with E-state index < -0.39 is 0 Å². The fourth-order valence-electron chi connectivity index (χ4n) is 1.95. The lowest BCUT2D eigenvalue weighted by molar-refractivity contribution is -0.119. The predicted octanol–water partition coefficient (Wildman–Crippen LogP) is 1.47. The van der Waals surface area contributed by atoms with E-state index in [2.05, 4.69) is 5.32 Å². The highest BCUT2D eigenvalue weighted by Gasteiger charge is 2.22. The fraction of sp³-hybridized carbons (Fsp3) is 0.385. The van der Waals surface area contributed by atoms with Gasteiger partial charge in [0.25, 0.3) is 0 Å². The van der Waals surface area contributed by atoms with Crippen molar-refractivity contribution in [2.24, 2.45) is 0 Å². The molecule has 2 rings (SSSR count). The van der Waals surface area contributed by atoms with Crippen LogP contribution in [0.3, 0.4) is 0 Å². The summed E-state index contributed by atoms with van der Waals surface area (Å²) in [6, 6.07) is 7.26. The van der Waals surface area contributed by atoms with Crippen LogP contribution >= 0.6 is 0 Å². The second-order valence-corrected chi connectivity index (χ2v) is 4.05. The molecule has 17 heavy (non-hydrogen) atoms. The Bertz CT molecular complexity index is 425. The molecule has 0 bridgehead atoms. The van der Waals surface area contributed by atoms with Crippen LogP contribution in [0.2, 0.25) is 0 Å². The van der Waals surface area contributed by atoms with Gasteiger partial charge in [-0.15, -0.1) is 0 Å². The molecule has 0 aliphatic carbocycles. The monoisotopic (exact) mass is 233 g/mol. The Labute approximate surface area is 100.0 Å². The summed E-state index contributed by atoms with van der Waals surface area (Å²) in [5, 5.41) is 2.80. The molecule has 1 aromatic carbocycles. The zero-order chi connectivity index (χ0) is 12.3. The smallest absolute Gasteiger partial charge is 0.338 e. The first kappa shape index (κ1) is 11.6. The quantitative estimate of drug-likeness (QED) is 0.804. The third-order valence-electron chi connectivity index (χ3n) is 2.87. The van der Waals surface area contributed by atoms with E-state index in [1.54, 1.807) is 19.1 Å². The van der Waals surface area contributed by atoms with Crippen LogP contribution < -0.4 is 5.32 Å². The van der Waals surface area contributed by atoms with E-state index in [1.165, 1.54) is 0 Å². The fourth-order valence-corrected chi connectivity index (χ4v) is 1.95. The molecule has 90 valence electrons. The first-order valence-corrected chi connectivity index (χ1v) is 5.74. The van der Waals surface area contributed by atoms with Crippen molar-refractivity contribution < 1.29 is 14.3 Å². The number of hydrogen-bond donors (Lipinski definition) is 1. The average molecular weight is 233 g/mol. The van der Waals surface area contributed by atoms with Gasteiger partial charge in [-0.1, -0.05) is 12.1 Å². The highest BCUT2D eigenvalue weighted by molar-refractivity contribution is 5.89. The van der Waals surface area contributed by atoms with Gasteiger partial charge in [0.1, 0.15) is 0 Å². The van der Waals surface area contributed by atoms with Crippen molar-refractivity contribution in [3.05, 3.63) is 35.4 Å². The van der Waals surface area contributed by atoms with Gasteiger partial charge in [0.05, 0.1) is 12.2 Å². The first-order valence-electron chi connectivity index (χ1n) is 5.74. The van der Waals surface area contributed by atoms with Gasteiger partial charge in [-0.3, -0.25) is 4.79 Å². The minimum Gasteiger partial charge on any atom is -0.462 e. The molecule has 1 aliphatic heterocycles. The highest BCUT2D eigenvalue weighted by Crippen LogP contribution is 2.23. The molecule has 1 heterocycles. The average Bonchev–Trinajstić information content (AvgIpc) is 2.76. The van der Waals surface area contributed by atoms with Crippen LogP contribution in [0.1, 0.15) is 35.2 Å². The van der Waals surface area contributed by atoms with E-state index in [9.17, 15) is 9.59 Å². The number of nitrogens with one attached hydrogen (secondary N) is 1. The van der Waals surface area contributed by atoms with Crippen molar-refractivity contribution in [2.45, 2.75) is 19.3 Å². The molecule has 1 aliphatic rings.